The third-order valence-electron chi connectivity index (χ3n) is 5.20. The fourth-order valence-electron chi connectivity index (χ4n) is 3.28. The number of methoxy groups -OCH3 is 2. The van der Waals surface area contributed by atoms with Gasteiger partial charge in [0.25, 0.3) is 0 Å². The van der Waals surface area contributed by atoms with Crippen molar-refractivity contribution in [2.75, 3.05) is 34.9 Å². The van der Waals surface area contributed by atoms with Gasteiger partial charge in [0.1, 0.15) is 0 Å². The predicted molar refractivity (Wildman–Crippen MR) is 95.8 cm³/mol. The molecule has 5 heteroatoms. The molecule has 1 fully saturated rings. The maximum absolute atomic E-state index is 12.5. The van der Waals surface area contributed by atoms with E-state index in [2.05, 4.69) is 18.9 Å². The average Bonchev–Trinajstić information content (AvgIpc) is 2.60. The lowest BCUT2D eigenvalue weighted by atomic mass is 9.97. The molecule has 0 bridgehead atoms. The Hall–Kier alpha value is -1.75. The van der Waals surface area contributed by atoms with E-state index in [4.69, 9.17) is 9.47 Å². The second kappa shape index (κ2) is 8.38. The minimum Gasteiger partial charge on any atom is -0.493 e. The van der Waals surface area contributed by atoms with Gasteiger partial charge in [-0.3, -0.25) is 4.79 Å². The maximum Gasteiger partial charge on any atom is 0.222 e. The van der Waals surface area contributed by atoms with Crippen molar-refractivity contribution in [2.24, 2.45) is 0 Å². The second-order valence-corrected chi connectivity index (χ2v) is 6.70. The van der Waals surface area contributed by atoms with Crippen molar-refractivity contribution >= 4 is 5.91 Å². The molecular weight excluding hydrogens is 304 g/mol. The Morgan fingerprint density at radius 3 is 2.62 bits per heavy atom. The summed E-state index contributed by atoms with van der Waals surface area (Å²) in [5, 5.41) is 0. The largest absolute Gasteiger partial charge is 0.493 e. The minimum absolute atomic E-state index is 0.214. The quantitative estimate of drug-likeness (QED) is 0.802. The number of amides is 1. The number of rotatable bonds is 6. The first-order valence-electron chi connectivity index (χ1n) is 8.63. The first-order chi connectivity index (χ1) is 11.5. The van der Waals surface area contributed by atoms with Crippen molar-refractivity contribution in [1.82, 2.24) is 9.80 Å². The van der Waals surface area contributed by atoms with E-state index in [0.29, 0.717) is 36.4 Å². The molecule has 0 spiro atoms. The van der Waals surface area contributed by atoms with E-state index in [1.807, 2.05) is 30.1 Å². The van der Waals surface area contributed by atoms with Crippen LogP contribution in [0.2, 0.25) is 0 Å². The molecule has 2 rings (SSSR count). The number of carbonyl (C=O) groups excluding carboxylic acids is 1. The molecule has 0 radical (unpaired) electrons. The summed E-state index contributed by atoms with van der Waals surface area (Å²) in [4.78, 5) is 16.8. The van der Waals surface area contributed by atoms with E-state index in [1.165, 1.54) is 0 Å². The molecule has 0 saturated carbocycles. The first-order valence-corrected chi connectivity index (χ1v) is 8.63. The molecule has 1 aliphatic rings. The monoisotopic (exact) mass is 334 g/mol. The summed E-state index contributed by atoms with van der Waals surface area (Å²) >= 11 is 0. The van der Waals surface area contributed by atoms with Crippen LogP contribution in [0.4, 0.5) is 0 Å². The highest BCUT2D eigenvalue weighted by Gasteiger charge is 2.27. The van der Waals surface area contributed by atoms with E-state index in [1.54, 1.807) is 14.2 Å². The molecule has 1 amide bonds. The lowest BCUT2D eigenvalue weighted by Crippen LogP contribution is -2.48. The summed E-state index contributed by atoms with van der Waals surface area (Å²) in [5.74, 6) is 1.64. The van der Waals surface area contributed by atoms with Crippen LogP contribution in [-0.2, 0) is 11.2 Å². The van der Waals surface area contributed by atoms with Gasteiger partial charge in [-0.2, -0.15) is 0 Å². The number of hydrogen-bond acceptors (Lipinski definition) is 4. The Labute approximate surface area is 145 Å². The van der Waals surface area contributed by atoms with Gasteiger partial charge in [-0.25, -0.2) is 0 Å². The molecule has 24 heavy (non-hydrogen) atoms. The van der Waals surface area contributed by atoms with Gasteiger partial charge in [0.2, 0.25) is 5.91 Å². The standard InChI is InChI=1S/C19H30N2O3/c1-14-12-16(10-11-20(14)2)21(3)19(22)9-7-15-6-8-17(23-4)18(13-15)24-5/h6,8,13-14,16H,7,9-12H2,1-5H3/t14-,16-/m0/s1. The lowest BCUT2D eigenvalue weighted by Gasteiger charge is -2.39. The summed E-state index contributed by atoms with van der Waals surface area (Å²) in [5.41, 5.74) is 1.09. The SMILES string of the molecule is COc1ccc(CCC(=O)N(C)[C@H]2CCN(C)[C@@H](C)C2)cc1OC. The van der Waals surface area contributed by atoms with Crippen LogP contribution in [0.15, 0.2) is 18.2 Å². The number of benzene rings is 1. The van der Waals surface area contributed by atoms with Crippen LogP contribution >= 0.6 is 0 Å². The molecular formula is C19H30N2O3. The Kier molecular flexibility index (Phi) is 6.49. The third-order valence-corrected chi connectivity index (χ3v) is 5.20. The van der Waals surface area contributed by atoms with Gasteiger partial charge in [-0.1, -0.05) is 6.07 Å². The van der Waals surface area contributed by atoms with Crippen LogP contribution < -0.4 is 9.47 Å². The third kappa shape index (κ3) is 4.41. The van der Waals surface area contributed by atoms with Crippen molar-refractivity contribution < 1.29 is 14.3 Å². The highest BCUT2D eigenvalue weighted by Crippen LogP contribution is 2.28. The number of carbonyl (C=O) groups is 1. The highest BCUT2D eigenvalue weighted by molar-refractivity contribution is 5.76. The van der Waals surface area contributed by atoms with Crippen LogP contribution in [0.5, 0.6) is 11.5 Å². The van der Waals surface area contributed by atoms with Crippen molar-refractivity contribution in [3.63, 3.8) is 0 Å². The molecule has 5 nitrogen and oxygen atoms in total. The predicted octanol–water partition coefficient (Wildman–Crippen LogP) is 2.58. The number of nitrogens with zero attached hydrogens (tertiary/aromatic N) is 2. The Morgan fingerprint density at radius 1 is 1.29 bits per heavy atom. The molecule has 1 aromatic rings. The van der Waals surface area contributed by atoms with Gasteiger partial charge in [0, 0.05) is 32.1 Å². The van der Waals surface area contributed by atoms with Gasteiger partial charge >= 0.3 is 0 Å². The fourth-order valence-corrected chi connectivity index (χ4v) is 3.28. The second-order valence-electron chi connectivity index (χ2n) is 6.70. The Morgan fingerprint density at radius 2 is 2.00 bits per heavy atom. The number of ether oxygens (including phenoxy) is 2. The van der Waals surface area contributed by atoms with Gasteiger partial charge in [-0.15, -0.1) is 0 Å². The van der Waals surface area contributed by atoms with E-state index >= 15 is 0 Å². The van der Waals surface area contributed by atoms with Crippen molar-refractivity contribution in [1.29, 1.82) is 0 Å². The molecule has 1 heterocycles. The van der Waals surface area contributed by atoms with Gasteiger partial charge in [0.15, 0.2) is 11.5 Å². The number of piperidine rings is 1. The topological polar surface area (TPSA) is 42.0 Å². The Balaban J connectivity index is 1.90. The van der Waals surface area contributed by atoms with Gasteiger partial charge in [-0.05, 0) is 50.9 Å². The average molecular weight is 334 g/mol. The summed E-state index contributed by atoms with van der Waals surface area (Å²) in [6.07, 6.45) is 3.34. The lowest BCUT2D eigenvalue weighted by molar-refractivity contribution is -0.133. The normalized spacial score (nSPS) is 21.4. The molecule has 2 atom stereocenters. The molecule has 1 saturated heterocycles. The van der Waals surface area contributed by atoms with Crippen LogP contribution in [0.3, 0.4) is 0 Å². The van der Waals surface area contributed by atoms with Crippen molar-refractivity contribution in [2.45, 2.75) is 44.7 Å². The molecule has 0 N–H and O–H groups in total. The first kappa shape index (κ1) is 18.6. The Bertz CT molecular complexity index is 562. The van der Waals surface area contributed by atoms with Crippen LogP contribution in [-0.4, -0.2) is 62.7 Å². The van der Waals surface area contributed by atoms with Gasteiger partial charge in [0.05, 0.1) is 14.2 Å². The summed E-state index contributed by atoms with van der Waals surface area (Å²) in [6.45, 7) is 3.28. The zero-order valence-electron chi connectivity index (χ0n) is 15.5. The molecule has 0 aliphatic carbocycles. The van der Waals surface area contributed by atoms with Crippen molar-refractivity contribution in [3.8, 4) is 11.5 Å². The molecule has 0 unspecified atom stereocenters. The number of aryl methyl sites for hydroxylation is 1. The number of likely N-dealkylation sites (tertiary alicyclic amines) is 1. The number of hydrogen-bond donors (Lipinski definition) is 0. The fraction of sp³-hybridized carbons (Fsp3) is 0.632. The molecule has 1 aliphatic heterocycles. The van der Waals surface area contributed by atoms with Crippen LogP contribution in [0.1, 0.15) is 31.7 Å². The summed E-state index contributed by atoms with van der Waals surface area (Å²) < 4.78 is 10.6. The van der Waals surface area contributed by atoms with Crippen molar-refractivity contribution in [3.05, 3.63) is 23.8 Å². The zero-order chi connectivity index (χ0) is 17.7. The summed E-state index contributed by atoms with van der Waals surface area (Å²) in [6, 6.07) is 6.72. The maximum atomic E-state index is 12.5. The molecule has 0 aromatic heterocycles. The van der Waals surface area contributed by atoms with E-state index in [9.17, 15) is 4.79 Å². The van der Waals surface area contributed by atoms with Gasteiger partial charge < -0.3 is 19.3 Å². The van der Waals surface area contributed by atoms with Crippen LogP contribution in [0.25, 0.3) is 0 Å². The molecule has 134 valence electrons. The van der Waals surface area contributed by atoms with E-state index < -0.39 is 0 Å². The zero-order valence-corrected chi connectivity index (χ0v) is 15.5. The highest BCUT2D eigenvalue weighted by atomic mass is 16.5. The van der Waals surface area contributed by atoms with E-state index in [-0.39, 0.29) is 5.91 Å². The van der Waals surface area contributed by atoms with E-state index in [0.717, 1.165) is 24.9 Å². The smallest absolute Gasteiger partial charge is 0.222 e. The van der Waals surface area contributed by atoms with Crippen LogP contribution in [0, 0.1) is 0 Å². The minimum atomic E-state index is 0.214. The molecule has 1 aromatic carbocycles. The summed E-state index contributed by atoms with van der Waals surface area (Å²) in [7, 11) is 7.35.